The van der Waals surface area contributed by atoms with Gasteiger partial charge in [0, 0.05) is 25.1 Å². The van der Waals surface area contributed by atoms with Crippen LogP contribution in [-0.2, 0) is 11.3 Å². The second kappa shape index (κ2) is 8.64. The second-order valence-electron chi connectivity index (χ2n) is 6.97. The van der Waals surface area contributed by atoms with Gasteiger partial charge in [0.15, 0.2) is 5.58 Å². The number of aryl methyl sites for hydroxylation is 1. The smallest absolute Gasteiger partial charge is 0.407 e. The normalized spacial score (nSPS) is 12.5. The summed E-state index contributed by atoms with van der Waals surface area (Å²) in [6, 6.07) is 4.18. The Hall–Kier alpha value is -2.64. The van der Waals surface area contributed by atoms with Crippen molar-refractivity contribution >= 4 is 22.7 Å². The van der Waals surface area contributed by atoms with Crippen LogP contribution in [-0.4, -0.2) is 21.4 Å². The number of aromatic nitrogens is 1. The van der Waals surface area contributed by atoms with Gasteiger partial charge in [-0.05, 0) is 38.2 Å². The maximum absolute atomic E-state index is 12.0. The van der Waals surface area contributed by atoms with Gasteiger partial charge in [-0.25, -0.2) is 4.79 Å². The van der Waals surface area contributed by atoms with E-state index >= 15 is 0 Å². The summed E-state index contributed by atoms with van der Waals surface area (Å²) in [5.41, 5.74) is 0.537. The van der Waals surface area contributed by atoms with Gasteiger partial charge >= 0.3 is 5.76 Å². The Morgan fingerprint density at radius 1 is 1.31 bits per heavy atom. The Balaban J connectivity index is 1.91. The molecule has 1 N–H and O–H groups in total. The van der Waals surface area contributed by atoms with E-state index < -0.39 is 10.7 Å². The molecule has 1 amide bonds. The number of nitrogens with one attached hydrogen (secondary N) is 1. The molecular formula is C18H25N3O5. The number of nitro groups is 1. The van der Waals surface area contributed by atoms with Gasteiger partial charge in [-0.2, -0.15) is 0 Å². The first-order chi connectivity index (χ1) is 12.3. The van der Waals surface area contributed by atoms with Crippen LogP contribution in [0.1, 0.15) is 46.5 Å². The van der Waals surface area contributed by atoms with E-state index in [4.69, 9.17) is 4.42 Å². The summed E-state index contributed by atoms with van der Waals surface area (Å²) in [6.07, 6.45) is 2.78. The van der Waals surface area contributed by atoms with Gasteiger partial charge in [0.1, 0.15) is 0 Å². The van der Waals surface area contributed by atoms with Crippen molar-refractivity contribution in [1.29, 1.82) is 0 Å². The summed E-state index contributed by atoms with van der Waals surface area (Å²) < 4.78 is 6.47. The summed E-state index contributed by atoms with van der Waals surface area (Å²) in [5, 5.41) is 13.8. The zero-order chi connectivity index (χ0) is 19.3. The fraction of sp³-hybridized carbons (Fsp3) is 0.556. The molecule has 1 unspecified atom stereocenters. The Kier molecular flexibility index (Phi) is 6.54. The Morgan fingerprint density at radius 2 is 2.04 bits per heavy atom. The van der Waals surface area contributed by atoms with Crippen molar-refractivity contribution < 1.29 is 14.1 Å². The Morgan fingerprint density at radius 3 is 2.69 bits per heavy atom. The fourth-order valence-corrected chi connectivity index (χ4v) is 2.78. The molecule has 2 aromatic rings. The standard InChI is InChI=1S/C18H25N3O5/c1-12(2)6-7-13(3)19-17(22)5-4-10-20-15-9-8-14(21(24)25)11-16(15)26-18(20)23/h8-9,11-13H,4-7,10H2,1-3H3,(H,19,22). The minimum absolute atomic E-state index is 0.0438. The molecule has 1 heterocycles. The highest BCUT2D eigenvalue weighted by Gasteiger charge is 2.14. The molecule has 0 aliphatic carbocycles. The predicted molar refractivity (Wildman–Crippen MR) is 98.0 cm³/mol. The van der Waals surface area contributed by atoms with Crippen molar-refractivity contribution in [2.75, 3.05) is 0 Å². The van der Waals surface area contributed by atoms with E-state index in [1.807, 2.05) is 6.92 Å². The molecule has 0 aliphatic rings. The van der Waals surface area contributed by atoms with Crippen molar-refractivity contribution in [3.8, 4) is 0 Å². The number of hydrogen-bond acceptors (Lipinski definition) is 5. The van der Waals surface area contributed by atoms with Gasteiger partial charge in [-0.1, -0.05) is 13.8 Å². The lowest BCUT2D eigenvalue weighted by Gasteiger charge is -2.15. The number of fused-ring (bicyclic) bond motifs is 1. The maximum Gasteiger partial charge on any atom is 0.419 e. The maximum atomic E-state index is 12.0. The fourth-order valence-electron chi connectivity index (χ4n) is 2.78. The van der Waals surface area contributed by atoms with Crippen LogP contribution in [0.25, 0.3) is 11.1 Å². The average Bonchev–Trinajstić information content (AvgIpc) is 2.87. The molecule has 0 bridgehead atoms. The van der Waals surface area contributed by atoms with E-state index in [0.717, 1.165) is 12.8 Å². The van der Waals surface area contributed by atoms with Gasteiger partial charge in [0.25, 0.3) is 5.69 Å². The molecule has 0 saturated heterocycles. The topological polar surface area (TPSA) is 107 Å². The molecule has 0 fully saturated rings. The molecule has 8 nitrogen and oxygen atoms in total. The zero-order valence-corrected chi connectivity index (χ0v) is 15.4. The minimum Gasteiger partial charge on any atom is -0.407 e. The first kappa shape index (κ1) is 19.7. The summed E-state index contributed by atoms with van der Waals surface area (Å²) in [4.78, 5) is 34.2. The quantitative estimate of drug-likeness (QED) is 0.543. The Bertz CT molecular complexity index is 837. The first-order valence-electron chi connectivity index (χ1n) is 8.85. The molecule has 142 valence electrons. The third-order valence-corrected chi connectivity index (χ3v) is 4.23. The second-order valence-corrected chi connectivity index (χ2v) is 6.97. The first-order valence-corrected chi connectivity index (χ1v) is 8.85. The van der Waals surface area contributed by atoms with Gasteiger partial charge in [0.05, 0.1) is 16.5 Å². The van der Waals surface area contributed by atoms with E-state index in [9.17, 15) is 19.7 Å². The molecule has 0 radical (unpaired) electrons. The average molecular weight is 363 g/mol. The molecule has 26 heavy (non-hydrogen) atoms. The van der Waals surface area contributed by atoms with Crippen LogP contribution >= 0.6 is 0 Å². The molecule has 0 aliphatic heterocycles. The number of carbonyl (C=O) groups excluding carboxylic acids is 1. The number of rotatable bonds is 9. The highest BCUT2D eigenvalue weighted by atomic mass is 16.6. The van der Waals surface area contributed by atoms with Crippen LogP contribution in [0.2, 0.25) is 0 Å². The van der Waals surface area contributed by atoms with E-state index in [0.29, 0.717) is 30.8 Å². The van der Waals surface area contributed by atoms with Crippen molar-refractivity contribution in [2.24, 2.45) is 5.92 Å². The third-order valence-electron chi connectivity index (χ3n) is 4.23. The van der Waals surface area contributed by atoms with Gasteiger partial charge in [-0.3, -0.25) is 19.5 Å². The van der Waals surface area contributed by atoms with E-state index in [-0.39, 0.29) is 23.2 Å². The van der Waals surface area contributed by atoms with Crippen LogP contribution in [0.5, 0.6) is 0 Å². The summed E-state index contributed by atoms with van der Waals surface area (Å²) in [6.45, 7) is 6.60. The number of nitro benzene ring substituents is 1. The number of non-ortho nitro benzene ring substituents is 1. The van der Waals surface area contributed by atoms with E-state index in [2.05, 4.69) is 19.2 Å². The lowest BCUT2D eigenvalue weighted by Crippen LogP contribution is -2.32. The predicted octanol–water partition coefficient (Wildman–Crippen LogP) is 3.22. The number of oxazole rings is 1. The minimum atomic E-state index is -0.578. The molecular weight excluding hydrogens is 338 g/mol. The number of nitrogens with zero attached hydrogens (tertiary/aromatic N) is 2. The molecule has 1 atom stereocenters. The van der Waals surface area contributed by atoms with Crippen molar-refractivity contribution in [2.45, 2.75) is 59.0 Å². The van der Waals surface area contributed by atoms with Crippen LogP contribution < -0.4 is 11.1 Å². The highest BCUT2D eigenvalue weighted by Crippen LogP contribution is 2.20. The van der Waals surface area contributed by atoms with Crippen molar-refractivity contribution in [1.82, 2.24) is 9.88 Å². The van der Waals surface area contributed by atoms with Crippen molar-refractivity contribution in [3.63, 3.8) is 0 Å². The Labute approximate surface area is 151 Å². The molecule has 0 spiro atoms. The summed E-state index contributed by atoms with van der Waals surface area (Å²) >= 11 is 0. The van der Waals surface area contributed by atoms with Crippen LogP contribution in [0.4, 0.5) is 5.69 Å². The molecule has 0 saturated carbocycles. The molecule has 1 aromatic carbocycles. The number of hydrogen-bond donors (Lipinski definition) is 1. The molecule has 2 rings (SSSR count). The number of amides is 1. The number of carbonyl (C=O) groups is 1. The highest BCUT2D eigenvalue weighted by molar-refractivity contribution is 5.77. The number of benzene rings is 1. The SMILES string of the molecule is CC(C)CCC(C)NC(=O)CCCn1c(=O)oc2cc([N+](=O)[O-])ccc21. The van der Waals surface area contributed by atoms with Crippen molar-refractivity contribution in [3.05, 3.63) is 38.9 Å². The van der Waals surface area contributed by atoms with Gasteiger partial charge < -0.3 is 9.73 Å². The van der Waals surface area contributed by atoms with Crippen LogP contribution in [0.3, 0.4) is 0 Å². The lowest BCUT2D eigenvalue weighted by atomic mass is 10.0. The summed E-state index contributed by atoms with van der Waals surface area (Å²) in [7, 11) is 0. The largest absolute Gasteiger partial charge is 0.419 e. The van der Waals surface area contributed by atoms with E-state index in [1.54, 1.807) is 0 Å². The lowest BCUT2D eigenvalue weighted by molar-refractivity contribution is -0.384. The zero-order valence-electron chi connectivity index (χ0n) is 15.4. The van der Waals surface area contributed by atoms with Crippen LogP contribution in [0, 0.1) is 16.0 Å². The van der Waals surface area contributed by atoms with Crippen LogP contribution in [0.15, 0.2) is 27.4 Å². The van der Waals surface area contributed by atoms with E-state index in [1.165, 1.54) is 22.8 Å². The monoisotopic (exact) mass is 363 g/mol. The molecule has 1 aromatic heterocycles. The molecule has 8 heteroatoms. The summed E-state index contributed by atoms with van der Waals surface area (Å²) in [5.74, 6) is -0.0182. The van der Waals surface area contributed by atoms with Gasteiger partial charge in [-0.15, -0.1) is 0 Å². The van der Waals surface area contributed by atoms with Gasteiger partial charge in [0.2, 0.25) is 5.91 Å². The third kappa shape index (κ3) is 5.18.